The van der Waals surface area contributed by atoms with E-state index in [9.17, 15) is 0 Å². The number of imidazole rings is 1. The summed E-state index contributed by atoms with van der Waals surface area (Å²) in [6, 6.07) is 3.70. The second-order valence-electron chi connectivity index (χ2n) is 3.10. The Morgan fingerprint density at radius 2 is 2.29 bits per heavy atom. The van der Waals surface area contributed by atoms with Crippen molar-refractivity contribution in [3.63, 3.8) is 0 Å². The molecule has 2 aromatic rings. The molecule has 0 saturated heterocycles. The van der Waals surface area contributed by atoms with Gasteiger partial charge in [0.1, 0.15) is 12.1 Å². The summed E-state index contributed by atoms with van der Waals surface area (Å²) < 4.78 is 1.81. The molecule has 0 amide bonds. The van der Waals surface area contributed by atoms with Crippen molar-refractivity contribution in [1.29, 1.82) is 0 Å². The summed E-state index contributed by atoms with van der Waals surface area (Å²) >= 11 is 0. The Labute approximate surface area is 81.9 Å². The van der Waals surface area contributed by atoms with E-state index in [2.05, 4.69) is 9.97 Å². The van der Waals surface area contributed by atoms with E-state index in [1.54, 1.807) is 12.5 Å². The van der Waals surface area contributed by atoms with Crippen molar-refractivity contribution < 1.29 is 5.11 Å². The summed E-state index contributed by atoms with van der Waals surface area (Å²) in [7, 11) is 0. The molecule has 14 heavy (non-hydrogen) atoms. The van der Waals surface area contributed by atoms with Crippen LogP contribution in [-0.4, -0.2) is 19.6 Å². The molecule has 0 radical (unpaired) electrons. The van der Waals surface area contributed by atoms with Crippen molar-refractivity contribution in [3.05, 3.63) is 42.1 Å². The monoisotopic (exact) mass is 189 g/mol. The third-order valence-corrected chi connectivity index (χ3v) is 1.95. The highest BCUT2D eigenvalue weighted by molar-refractivity contribution is 5.30. The molecule has 0 aliphatic heterocycles. The number of aryl methyl sites for hydroxylation is 1. The zero-order valence-electron chi connectivity index (χ0n) is 7.88. The topological polar surface area (TPSA) is 50.9 Å². The zero-order chi connectivity index (χ0) is 9.97. The Balaban J connectivity index is 2.48. The smallest absolute Gasteiger partial charge is 0.138 e. The van der Waals surface area contributed by atoms with Crippen molar-refractivity contribution in [1.82, 2.24) is 14.5 Å². The van der Waals surface area contributed by atoms with Gasteiger partial charge in [-0.2, -0.15) is 0 Å². The number of hydrogen-bond acceptors (Lipinski definition) is 3. The van der Waals surface area contributed by atoms with Gasteiger partial charge in [0, 0.05) is 18.1 Å². The lowest BCUT2D eigenvalue weighted by Crippen LogP contribution is -1.98. The van der Waals surface area contributed by atoms with Gasteiger partial charge in [-0.15, -0.1) is 0 Å². The van der Waals surface area contributed by atoms with Gasteiger partial charge >= 0.3 is 0 Å². The molecule has 1 N–H and O–H groups in total. The Kier molecular flexibility index (Phi) is 2.28. The van der Waals surface area contributed by atoms with Gasteiger partial charge in [0.15, 0.2) is 0 Å². The molecule has 0 spiro atoms. The van der Waals surface area contributed by atoms with Crippen LogP contribution in [0.4, 0.5) is 0 Å². The van der Waals surface area contributed by atoms with Gasteiger partial charge in [-0.25, -0.2) is 9.97 Å². The van der Waals surface area contributed by atoms with Gasteiger partial charge < -0.3 is 5.11 Å². The first kappa shape index (κ1) is 8.90. The molecule has 0 bridgehead atoms. The van der Waals surface area contributed by atoms with Crippen molar-refractivity contribution in [3.8, 4) is 5.82 Å². The van der Waals surface area contributed by atoms with E-state index in [1.165, 1.54) is 0 Å². The fourth-order valence-electron chi connectivity index (χ4n) is 1.34. The first-order valence-corrected chi connectivity index (χ1v) is 4.36. The van der Waals surface area contributed by atoms with E-state index in [4.69, 9.17) is 5.11 Å². The second kappa shape index (κ2) is 3.59. The van der Waals surface area contributed by atoms with Crippen LogP contribution in [0.5, 0.6) is 0 Å². The third kappa shape index (κ3) is 1.65. The van der Waals surface area contributed by atoms with Crippen LogP contribution in [0.15, 0.2) is 30.9 Å². The summed E-state index contributed by atoms with van der Waals surface area (Å²) in [5.41, 5.74) is 1.75. The number of rotatable bonds is 2. The molecule has 2 heterocycles. The Hall–Kier alpha value is -1.68. The summed E-state index contributed by atoms with van der Waals surface area (Å²) in [4.78, 5) is 8.28. The molecule has 0 aliphatic rings. The highest BCUT2D eigenvalue weighted by atomic mass is 16.3. The molecule has 0 unspecified atom stereocenters. The lowest BCUT2D eigenvalue weighted by Gasteiger charge is -2.04. The van der Waals surface area contributed by atoms with Gasteiger partial charge in [0.05, 0.1) is 6.61 Å². The average molecular weight is 189 g/mol. The van der Waals surface area contributed by atoms with Crippen LogP contribution in [0, 0.1) is 6.92 Å². The van der Waals surface area contributed by atoms with Crippen molar-refractivity contribution in [2.45, 2.75) is 13.5 Å². The maximum absolute atomic E-state index is 9.03. The summed E-state index contributed by atoms with van der Waals surface area (Å²) in [5.74, 6) is 0.784. The third-order valence-electron chi connectivity index (χ3n) is 1.95. The number of hydrogen-bond donors (Lipinski definition) is 1. The maximum Gasteiger partial charge on any atom is 0.138 e. The largest absolute Gasteiger partial charge is 0.392 e. The van der Waals surface area contributed by atoms with E-state index in [-0.39, 0.29) is 6.61 Å². The van der Waals surface area contributed by atoms with Gasteiger partial charge in [0.25, 0.3) is 0 Å². The number of aromatic nitrogens is 3. The second-order valence-corrected chi connectivity index (χ2v) is 3.10. The van der Waals surface area contributed by atoms with Gasteiger partial charge in [-0.1, -0.05) is 0 Å². The van der Waals surface area contributed by atoms with Crippen LogP contribution in [0.3, 0.4) is 0 Å². The van der Waals surface area contributed by atoms with E-state index in [0.29, 0.717) is 0 Å². The number of nitrogens with zero attached hydrogens (tertiary/aromatic N) is 3. The van der Waals surface area contributed by atoms with Crippen molar-refractivity contribution >= 4 is 0 Å². The SMILES string of the molecule is Cc1cc(CO)cc(-n2ccnc2)n1. The Bertz CT molecular complexity index is 423. The lowest BCUT2D eigenvalue weighted by atomic mass is 10.2. The minimum Gasteiger partial charge on any atom is -0.392 e. The maximum atomic E-state index is 9.03. The Morgan fingerprint density at radius 3 is 2.93 bits per heavy atom. The van der Waals surface area contributed by atoms with Crippen LogP contribution in [0.25, 0.3) is 5.82 Å². The minimum atomic E-state index is 0.0328. The number of aliphatic hydroxyl groups is 1. The van der Waals surface area contributed by atoms with E-state index in [1.807, 2.05) is 29.8 Å². The first-order valence-electron chi connectivity index (χ1n) is 4.36. The predicted octanol–water partition coefficient (Wildman–Crippen LogP) is 1.07. The molecular weight excluding hydrogens is 178 g/mol. The molecule has 0 aliphatic carbocycles. The zero-order valence-corrected chi connectivity index (χ0v) is 7.88. The number of pyridine rings is 1. The number of aliphatic hydroxyl groups excluding tert-OH is 1. The fourth-order valence-corrected chi connectivity index (χ4v) is 1.34. The molecule has 0 saturated carbocycles. The summed E-state index contributed by atoms with van der Waals surface area (Å²) in [6.45, 7) is 1.94. The molecule has 0 atom stereocenters. The van der Waals surface area contributed by atoms with E-state index < -0.39 is 0 Å². The van der Waals surface area contributed by atoms with Crippen LogP contribution >= 0.6 is 0 Å². The summed E-state index contributed by atoms with van der Waals surface area (Å²) in [6.07, 6.45) is 5.20. The molecule has 4 heteroatoms. The van der Waals surface area contributed by atoms with E-state index >= 15 is 0 Å². The lowest BCUT2D eigenvalue weighted by molar-refractivity contribution is 0.281. The highest BCUT2D eigenvalue weighted by Crippen LogP contribution is 2.09. The van der Waals surface area contributed by atoms with Crippen LogP contribution < -0.4 is 0 Å². The van der Waals surface area contributed by atoms with Gasteiger partial charge in [0.2, 0.25) is 0 Å². The standard InChI is InChI=1S/C10H11N3O/c1-8-4-9(6-14)5-10(12-8)13-3-2-11-7-13/h2-5,7,14H,6H2,1H3. The van der Waals surface area contributed by atoms with Gasteiger partial charge in [-0.05, 0) is 24.6 Å². The van der Waals surface area contributed by atoms with Crippen LogP contribution in [0.2, 0.25) is 0 Å². The highest BCUT2D eigenvalue weighted by Gasteiger charge is 2.00. The summed E-state index contributed by atoms with van der Waals surface area (Å²) in [5, 5.41) is 9.03. The molecule has 2 rings (SSSR count). The fraction of sp³-hybridized carbons (Fsp3) is 0.200. The molecule has 2 aromatic heterocycles. The molecule has 72 valence electrons. The average Bonchev–Trinajstić information content (AvgIpc) is 2.69. The quantitative estimate of drug-likeness (QED) is 0.768. The van der Waals surface area contributed by atoms with Crippen LogP contribution in [-0.2, 0) is 6.61 Å². The molecular formula is C10H11N3O. The minimum absolute atomic E-state index is 0.0328. The Morgan fingerprint density at radius 1 is 1.43 bits per heavy atom. The van der Waals surface area contributed by atoms with E-state index in [0.717, 1.165) is 17.1 Å². The van der Waals surface area contributed by atoms with Crippen molar-refractivity contribution in [2.75, 3.05) is 0 Å². The molecule has 0 fully saturated rings. The molecule has 4 nitrogen and oxygen atoms in total. The van der Waals surface area contributed by atoms with Crippen LogP contribution in [0.1, 0.15) is 11.3 Å². The first-order chi connectivity index (χ1) is 6.79. The molecule has 0 aromatic carbocycles. The van der Waals surface area contributed by atoms with Gasteiger partial charge in [-0.3, -0.25) is 4.57 Å². The normalized spacial score (nSPS) is 10.4. The predicted molar refractivity (Wildman–Crippen MR) is 52.0 cm³/mol. The van der Waals surface area contributed by atoms with Crippen molar-refractivity contribution in [2.24, 2.45) is 0 Å².